The third kappa shape index (κ3) is 8.59. The molecule has 2 aliphatic rings. The molecule has 5 N–H and O–H groups in total. The molecule has 2 aliphatic heterocycles. The monoisotopic (exact) mass is 687 g/mol. The minimum atomic E-state index is -0.680. The van der Waals surface area contributed by atoms with Crippen LogP contribution < -0.4 is 30.6 Å². The Morgan fingerprint density at radius 1 is 1.00 bits per heavy atom. The number of H-pyrrole nitrogens is 1. The number of amides is 2. The van der Waals surface area contributed by atoms with Crippen LogP contribution >= 0.6 is 0 Å². The number of hydrogen-bond donors (Lipinski definition) is 4. The number of likely N-dealkylation sites (N-methyl/N-ethyl adjacent to an activating group) is 1. The van der Waals surface area contributed by atoms with Gasteiger partial charge in [-0.3, -0.25) is 19.9 Å². The molecule has 1 aromatic heterocycles. The van der Waals surface area contributed by atoms with Crippen LogP contribution in [0.4, 0.5) is 0 Å². The topological polar surface area (TPSA) is 192 Å². The molecule has 3 heterocycles. The van der Waals surface area contributed by atoms with Crippen LogP contribution in [0.2, 0.25) is 0 Å². The summed E-state index contributed by atoms with van der Waals surface area (Å²) in [7, 11) is 3.38. The van der Waals surface area contributed by atoms with E-state index < -0.39 is 6.04 Å². The standard InChI is InChI=1S/C37H37N9O5/c1-46(2)31(47)19-25-16-26(33-40-14-15-41-33)20-27(17-25)50-36-32-34(42-28(35(48)43-32)10-6-7-13-38)44-37(45-36)51-30-18-24(21-39)11-12-29(30)49-22-23-8-4-3-5-9-23/h3-5,8-9,11-12,14-18,20,28H,6-7,10,13,19,22,38H2,1-2H3,(H,40,41)(H,43,48)(H,42,44,45). The molecule has 0 spiro atoms. The maximum absolute atomic E-state index is 13.2. The summed E-state index contributed by atoms with van der Waals surface area (Å²) in [4.78, 5) is 44.2. The Bertz CT molecular complexity index is 2030. The minimum Gasteiger partial charge on any atom is -0.485 e. The molecule has 2 amide bonds. The van der Waals surface area contributed by atoms with E-state index in [9.17, 15) is 14.9 Å². The number of fused-ring (bicyclic) bond motifs is 1. The summed E-state index contributed by atoms with van der Waals surface area (Å²) in [5, 5.41) is 15.6. The van der Waals surface area contributed by atoms with Crippen LogP contribution in [-0.4, -0.2) is 65.2 Å². The number of hydrogen-bond acceptors (Lipinski definition) is 11. The van der Waals surface area contributed by atoms with E-state index in [0.29, 0.717) is 53.4 Å². The molecule has 0 bridgehead atoms. The number of imidazole rings is 1. The Morgan fingerprint density at radius 3 is 2.59 bits per heavy atom. The third-order valence-corrected chi connectivity index (χ3v) is 7.97. The highest BCUT2D eigenvalue weighted by atomic mass is 16.5. The van der Waals surface area contributed by atoms with Gasteiger partial charge in [0, 0.05) is 38.1 Å². The molecule has 3 aromatic carbocycles. The minimum absolute atomic E-state index is 0.0130. The summed E-state index contributed by atoms with van der Waals surface area (Å²) < 4.78 is 18.7. The molecular formula is C37H37N9O5. The van der Waals surface area contributed by atoms with E-state index in [1.54, 1.807) is 56.8 Å². The van der Waals surface area contributed by atoms with Gasteiger partial charge in [0.25, 0.3) is 5.88 Å². The zero-order valence-electron chi connectivity index (χ0n) is 28.2. The van der Waals surface area contributed by atoms with Crippen molar-refractivity contribution in [3.8, 4) is 34.7 Å². The summed E-state index contributed by atoms with van der Waals surface area (Å²) >= 11 is 0. The van der Waals surface area contributed by atoms with Crippen molar-refractivity contribution in [1.82, 2.24) is 25.5 Å². The number of nitrogens with zero attached hydrogens (tertiary/aromatic N) is 5. The zero-order valence-corrected chi connectivity index (χ0v) is 28.2. The average Bonchev–Trinajstić information content (AvgIpc) is 3.68. The Kier molecular flexibility index (Phi) is 10.7. The van der Waals surface area contributed by atoms with E-state index >= 15 is 0 Å². The summed E-state index contributed by atoms with van der Waals surface area (Å²) in [5.41, 5.74) is 8.54. The molecule has 14 nitrogen and oxygen atoms in total. The summed E-state index contributed by atoms with van der Waals surface area (Å²) in [6.07, 6.45) is 5.38. The number of rotatable bonds is 13. The van der Waals surface area contributed by atoms with Gasteiger partial charge in [0.05, 0.1) is 18.1 Å². The smallest absolute Gasteiger partial charge is 0.304 e. The van der Waals surface area contributed by atoms with Crippen molar-refractivity contribution in [3.05, 3.63) is 107 Å². The molecule has 14 heteroatoms. The SMILES string of the molecule is CN(C)C(=O)Cc1cc(OC2=C3NC(=O)C(CCCCN)N=C3NC(Oc3cc(C#N)ccc3OCc3ccccc3)=N2)cc(-c2ncc[nH]2)c1. The van der Waals surface area contributed by atoms with Crippen LogP contribution in [0.25, 0.3) is 11.4 Å². The number of benzene rings is 3. The quantitative estimate of drug-likeness (QED) is 0.152. The highest BCUT2D eigenvalue weighted by Gasteiger charge is 2.34. The molecule has 0 fully saturated rings. The Labute approximate surface area is 294 Å². The third-order valence-electron chi connectivity index (χ3n) is 7.97. The van der Waals surface area contributed by atoms with Gasteiger partial charge in [0.2, 0.25) is 11.8 Å². The number of carbonyl (C=O) groups is 2. The molecule has 260 valence electrons. The van der Waals surface area contributed by atoms with Gasteiger partial charge in [-0.05, 0) is 67.3 Å². The van der Waals surface area contributed by atoms with Crippen LogP contribution in [0.3, 0.4) is 0 Å². The van der Waals surface area contributed by atoms with Gasteiger partial charge >= 0.3 is 6.02 Å². The van der Waals surface area contributed by atoms with Crippen molar-refractivity contribution in [3.63, 3.8) is 0 Å². The van der Waals surface area contributed by atoms with E-state index in [1.165, 1.54) is 4.90 Å². The van der Waals surface area contributed by atoms with Gasteiger partial charge in [-0.2, -0.15) is 10.3 Å². The molecule has 0 aliphatic carbocycles. The van der Waals surface area contributed by atoms with Crippen LogP contribution in [-0.2, 0) is 22.6 Å². The molecular weight excluding hydrogens is 650 g/mol. The first-order chi connectivity index (χ1) is 24.8. The molecule has 4 aromatic rings. The van der Waals surface area contributed by atoms with Crippen molar-refractivity contribution in [2.75, 3.05) is 20.6 Å². The van der Waals surface area contributed by atoms with Crippen molar-refractivity contribution in [1.29, 1.82) is 5.26 Å². The second-order valence-electron chi connectivity index (χ2n) is 12.0. The lowest BCUT2D eigenvalue weighted by Crippen LogP contribution is -2.50. The lowest BCUT2D eigenvalue weighted by Gasteiger charge is -2.28. The number of carbonyl (C=O) groups excluding carboxylic acids is 2. The number of nitrogens with one attached hydrogen (secondary N) is 3. The largest absolute Gasteiger partial charge is 0.485 e. The maximum atomic E-state index is 13.2. The number of nitriles is 1. The first kappa shape index (κ1) is 34.4. The Morgan fingerprint density at radius 2 is 1.84 bits per heavy atom. The highest BCUT2D eigenvalue weighted by Crippen LogP contribution is 2.32. The fourth-order valence-electron chi connectivity index (χ4n) is 5.31. The van der Waals surface area contributed by atoms with Gasteiger partial charge in [-0.1, -0.05) is 30.3 Å². The zero-order chi connectivity index (χ0) is 35.7. The van der Waals surface area contributed by atoms with Crippen molar-refractivity contribution in [2.24, 2.45) is 15.7 Å². The van der Waals surface area contributed by atoms with Crippen molar-refractivity contribution in [2.45, 2.75) is 38.3 Å². The second kappa shape index (κ2) is 15.8. The molecule has 6 rings (SSSR count). The van der Waals surface area contributed by atoms with Gasteiger partial charge in [0.1, 0.15) is 29.9 Å². The number of nitrogens with two attached hydrogens (primary N) is 1. The lowest BCUT2D eigenvalue weighted by molar-refractivity contribution is -0.128. The molecule has 51 heavy (non-hydrogen) atoms. The maximum Gasteiger partial charge on any atom is 0.304 e. The average molecular weight is 688 g/mol. The summed E-state index contributed by atoms with van der Waals surface area (Å²) in [5.74, 6) is 1.35. The van der Waals surface area contributed by atoms with Gasteiger partial charge in [0.15, 0.2) is 17.3 Å². The van der Waals surface area contributed by atoms with E-state index in [4.69, 9.17) is 24.9 Å². The van der Waals surface area contributed by atoms with Crippen LogP contribution in [0.15, 0.2) is 101 Å². The summed E-state index contributed by atoms with van der Waals surface area (Å²) in [6.45, 7) is 0.766. The van der Waals surface area contributed by atoms with Crippen molar-refractivity contribution < 1.29 is 23.8 Å². The molecule has 1 unspecified atom stereocenters. The summed E-state index contributed by atoms with van der Waals surface area (Å²) in [6, 6.07) is 21.2. The van der Waals surface area contributed by atoms with E-state index in [0.717, 1.165) is 12.0 Å². The van der Waals surface area contributed by atoms with Gasteiger partial charge in [-0.15, -0.1) is 0 Å². The highest BCUT2D eigenvalue weighted by molar-refractivity contribution is 6.14. The van der Waals surface area contributed by atoms with E-state index in [-0.39, 0.29) is 54.0 Å². The normalized spacial score (nSPS) is 15.0. The Hall–Kier alpha value is -6.46. The molecule has 0 saturated heterocycles. The van der Waals surface area contributed by atoms with Crippen LogP contribution in [0.1, 0.15) is 36.0 Å². The van der Waals surface area contributed by atoms with Crippen LogP contribution in [0, 0.1) is 11.3 Å². The first-order valence-corrected chi connectivity index (χ1v) is 16.4. The van der Waals surface area contributed by atoms with Crippen LogP contribution in [0.5, 0.6) is 17.2 Å². The predicted molar refractivity (Wildman–Crippen MR) is 189 cm³/mol. The van der Waals surface area contributed by atoms with Gasteiger partial charge in [-0.25, -0.2) is 4.98 Å². The molecule has 0 saturated carbocycles. The van der Waals surface area contributed by atoms with E-state index in [1.807, 2.05) is 36.4 Å². The number of unbranched alkanes of at least 4 members (excludes halogenated alkanes) is 1. The fourth-order valence-corrected chi connectivity index (χ4v) is 5.31. The molecule has 0 radical (unpaired) electrons. The Balaban J connectivity index is 1.37. The number of aromatic nitrogens is 2. The number of aliphatic imine (C=N–C) groups is 2. The first-order valence-electron chi connectivity index (χ1n) is 16.4. The predicted octanol–water partition coefficient (Wildman–Crippen LogP) is 3.77. The van der Waals surface area contributed by atoms with E-state index in [2.05, 4.69) is 31.7 Å². The number of ether oxygens (including phenoxy) is 3. The number of aromatic amines is 1. The fraction of sp³-hybridized carbons (Fsp3) is 0.243. The van der Waals surface area contributed by atoms with Gasteiger partial charge < -0.3 is 35.1 Å². The van der Waals surface area contributed by atoms with Crippen molar-refractivity contribution >= 4 is 23.7 Å². The second-order valence-corrected chi connectivity index (χ2v) is 12.0. The lowest BCUT2D eigenvalue weighted by atomic mass is 10.1. The molecule has 1 atom stereocenters. The number of amidine groups is 2.